The quantitative estimate of drug-likeness (QED) is 0.662. The highest BCUT2D eigenvalue weighted by molar-refractivity contribution is 5.86. The van der Waals surface area contributed by atoms with Gasteiger partial charge in [-0.2, -0.15) is 0 Å². The standard InChI is InChI=1S/C12H14N2/c13-11-8-4-7-10(12(11)14)9-5-2-1-3-6-9/h2,4-8H,1,3,13-14H2. The van der Waals surface area contributed by atoms with Gasteiger partial charge in [0, 0.05) is 5.56 Å². The van der Waals surface area contributed by atoms with Gasteiger partial charge in [0.1, 0.15) is 0 Å². The second-order valence-corrected chi connectivity index (χ2v) is 3.45. The van der Waals surface area contributed by atoms with Gasteiger partial charge in [-0.3, -0.25) is 0 Å². The Labute approximate surface area is 83.9 Å². The number of benzene rings is 1. The molecule has 0 fully saturated rings. The average molecular weight is 186 g/mol. The summed E-state index contributed by atoms with van der Waals surface area (Å²) in [4.78, 5) is 0. The highest BCUT2D eigenvalue weighted by Crippen LogP contribution is 2.29. The molecule has 2 heteroatoms. The Kier molecular flexibility index (Phi) is 2.27. The van der Waals surface area contributed by atoms with Gasteiger partial charge >= 0.3 is 0 Å². The van der Waals surface area contributed by atoms with Gasteiger partial charge in [-0.05, 0) is 24.5 Å². The molecule has 1 aliphatic carbocycles. The molecule has 0 spiro atoms. The summed E-state index contributed by atoms with van der Waals surface area (Å²) in [6, 6.07) is 5.77. The second-order valence-electron chi connectivity index (χ2n) is 3.45. The number of para-hydroxylation sites is 1. The zero-order chi connectivity index (χ0) is 9.97. The van der Waals surface area contributed by atoms with E-state index < -0.39 is 0 Å². The second kappa shape index (κ2) is 3.58. The molecule has 4 N–H and O–H groups in total. The van der Waals surface area contributed by atoms with Crippen molar-refractivity contribution in [3.63, 3.8) is 0 Å². The van der Waals surface area contributed by atoms with Gasteiger partial charge in [0.25, 0.3) is 0 Å². The van der Waals surface area contributed by atoms with Crippen LogP contribution in [0.25, 0.3) is 5.57 Å². The number of allylic oxidation sites excluding steroid dienone is 4. The fraction of sp³-hybridized carbons (Fsp3) is 0.167. The molecular weight excluding hydrogens is 172 g/mol. The van der Waals surface area contributed by atoms with E-state index in [-0.39, 0.29) is 0 Å². The first-order valence-electron chi connectivity index (χ1n) is 4.80. The van der Waals surface area contributed by atoms with Gasteiger partial charge in [0.15, 0.2) is 0 Å². The van der Waals surface area contributed by atoms with E-state index in [1.54, 1.807) is 0 Å². The van der Waals surface area contributed by atoms with Crippen LogP contribution in [0.5, 0.6) is 0 Å². The average Bonchev–Trinajstić information content (AvgIpc) is 2.23. The van der Waals surface area contributed by atoms with Crippen molar-refractivity contribution in [3.05, 3.63) is 42.0 Å². The fourth-order valence-electron chi connectivity index (χ4n) is 1.65. The highest BCUT2D eigenvalue weighted by Gasteiger charge is 2.06. The first kappa shape index (κ1) is 8.88. The van der Waals surface area contributed by atoms with Crippen LogP contribution in [-0.2, 0) is 0 Å². The number of anilines is 2. The molecule has 0 unspecified atom stereocenters. The topological polar surface area (TPSA) is 52.0 Å². The molecule has 0 atom stereocenters. The van der Waals surface area contributed by atoms with Crippen LogP contribution in [-0.4, -0.2) is 0 Å². The number of nitrogen functional groups attached to an aromatic ring is 2. The predicted molar refractivity (Wildman–Crippen MR) is 61.6 cm³/mol. The van der Waals surface area contributed by atoms with Crippen molar-refractivity contribution < 1.29 is 0 Å². The van der Waals surface area contributed by atoms with Crippen molar-refractivity contribution in [1.82, 2.24) is 0 Å². The Morgan fingerprint density at radius 2 is 1.93 bits per heavy atom. The lowest BCUT2D eigenvalue weighted by atomic mass is 9.98. The van der Waals surface area contributed by atoms with Gasteiger partial charge < -0.3 is 11.5 Å². The first-order valence-corrected chi connectivity index (χ1v) is 4.80. The molecule has 2 nitrogen and oxygen atoms in total. The molecule has 0 radical (unpaired) electrons. The Balaban J connectivity index is 2.46. The molecular formula is C12H14N2. The Morgan fingerprint density at radius 1 is 1.07 bits per heavy atom. The summed E-state index contributed by atoms with van der Waals surface area (Å²) >= 11 is 0. The molecule has 0 aromatic heterocycles. The summed E-state index contributed by atoms with van der Waals surface area (Å²) in [7, 11) is 0. The van der Waals surface area contributed by atoms with E-state index in [2.05, 4.69) is 18.2 Å². The maximum Gasteiger partial charge on any atom is 0.0627 e. The summed E-state index contributed by atoms with van der Waals surface area (Å²) in [6.07, 6.45) is 8.67. The SMILES string of the molecule is Nc1cccc(C2=CCCC=C2)c1N. The summed E-state index contributed by atoms with van der Waals surface area (Å²) < 4.78 is 0. The van der Waals surface area contributed by atoms with Gasteiger partial charge in [0.05, 0.1) is 11.4 Å². The molecule has 14 heavy (non-hydrogen) atoms. The van der Waals surface area contributed by atoms with Gasteiger partial charge in [-0.25, -0.2) is 0 Å². The molecule has 2 rings (SSSR count). The van der Waals surface area contributed by atoms with E-state index in [0.29, 0.717) is 11.4 Å². The third-order valence-electron chi connectivity index (χ3n) is 2.45. The maximum atomic E-state index is 5.91. The Hall–Kier alpha value is -1.70. The smallest absolute Gasteiger partial charge is 0.0627 e. The number of rotatable bonds is 1. The van der Waals surface area contributed by atoms with Crippen LogP contribution >= 0.6 is 0 Å². The van der Waals surface area contributed by atoms with Crippen molar-refractivity contribution in [3.8, 4) is 0 Å². The first-order chi connectivity index (χ1) is 6.79. The molecule has 0 amide bonds. The number of nitrogens with two attached hydrogens (primary N) is 2. The summed E-state index contributed by atoms with van der Waals surface area (Å²) in [5.41, 5.74) is 15.2. The van der Waals surface area contributed by atoms with E-state index in [4.69, 9.17) is 11.5 Å². The molecule has 0 saturated heterocycles. The van der Waals surface area contributed by atoms with Gasteiger partial charge in [-0.1, -0.05) is 30.4 Å². The van der Waals surface area contributed by atoms with E-state index in [9.17, 15) is 0 Å². The van der Waals surface area contributed by atoms with E-state index >= 15 is 0 Å². The van der Waals surface area contributed by atoms with E-state index in [1.165, 1.54) is 5.57 Å². The zero-order valence-electron chi connectivity index (χ0n) is 8.03. The van der Waals surface area contributed by atoms with Crippen molar-refractivity contribution in [2.24, 2.45) is 0 Å². The summed E-state index contributed by atoms with van der Waals surface area (Å²) in [5.74, 6) is 0. The summed E-state index contributed by atoms with van der Waals surface area (Å²) in [6.45, 7) is 0. The minimum Gasteiger partial charge on any atom is -0.397 e. The molecule has 0 saturated carbocycles. The highest BCUT2D eigenvalue weighted by atomic mass is 14.7. The van der Waals surface area contributed by atoms with Gasteiger partial charge in [-0.15, -0.1) is 0 Å². The van der Waals surface area contributed by atoms with E-state index in [1.807, 2.05) is 18.2 Å². The lowest BCUT2D eigenvalue weighted by Gasteiger charge is -2.11. The lowest BCUT2D eigenvalue weighted by Crippen LogP contribution is -1.99. The molecule has 1 aromatic carbocycles. The van der Waals surface area contributed by atoms with Crippen LogP contribution in [0.3, 0.4) is 0 Å². The lowest BCUT2D eigenvalue weighted by molar-refractivity contribution is 1.04. The molecule has 0 aliphatic heterocycles. The third kappa shape index (κ3) is 1.51. The molecule has 0 heterocycles. The largest absolute Gasteiger partial charge is 0.397 e. The van der Waals surface area contributed by atoms with Crippen LogP contribution < -0.4 is 11.5 Å². The molecule has 1 aliphatic rings. The minimum absolute atomic E-state index is 0.655. The van der Waals surface area contributed by atoms with Crippen LogP contribution in [0.15, 0.2) is 36.4 Å². The van der Waals surface area contributed by atoms with Crippen LogP contribution in [0.4, 0.5) is 11.4 Å². The molecule has 1 aromatic rings. The normalized spacial score (nSPS) is 15.3. The zero-order valence-corrected chi connectivity index (χ0v) is 8.03. The summed E-state index contributed by atoms with van der Waals surface area (Å²) in [5, 5.41) is 0. The van der Waals surface area contributed by atoms with E-state index in [0.717, 1.165) is 18.4 Å². The predicted octanol–water partition coefficient (Wildman–Crippen LogP) is 2.58. The minimum atomic E-state index is 0.655. The third-order valence-corrected chi connectivity index (χ3v) is 2.45. The molecule has 72 valence electrons. The fourth-order valence-corrected chi connectivity index (χ4v) is 1.65. The maximum absolute atomic E-state index is 5.91. The Bertz CT molecular complexity index is 403. The van der Waals surface area contributed by atoms with Crippen molar-refractivity contribution in [2.75, 3.05) is 11.5 Å². The van der Waals surface area contributed by atoms with Gasteiger partial charge in [0.2, 0.25) is 0 Å². The van der Waals surface area contributed by atoms with Crippen molar-refractivity contribution >= 4 is 16.9 Å². The van der Waals surface area contributed by atoms with Crippen LogP contribution in [0.1, 0.15) is 18.4 Å². The number of hydrogen-bond donors (Lipinski definition) is 2. The Morgan fingerprint density at radius 3 is 2.64 bits per heavy atom. The van der Waals surface area contributed by atoms with Crippen molar-refractivity contribution in [2.45, 2.75) is 12.8 Å². The monoisotopic (exact) mass is 186 g/mol. The van der Waals surface area contributed by atoms with Crippen LogP contribution in [0.2, 0.25) is 0 Å². The van der Waals surface area contributed by atoms with Crippen molar-refractivity contribution in [1.29, 1.82) is 0 Å². The van der Waals surface area contributed by atoms with Crippen LogP contribution in [0, 0.1) is 0 Å². The molecule has 0 bridgehead atoms. The number of hydrogen-bond acceptors (Lipinski definition) is 2.